The molecule has 65 heavy (non-hydrogen) atoms. The van der Waals surface area contributed by atoms with Crippen LogP contribution in [-0.4, -0.2) is 40.1 Å². The number of rotatable bonds is 9. The van der Waals surface area contributed by atoms with E-state index in [0.717, 1.165) is 38.9 Å². The molecule has 0 atom stereocenters. The number of benzene rings is 6. The standard InChI is InChI=1S/C28H21N3O3.C26H21N3O2/c1-4-17-33-22-15-13-21(14-16-22)27-29-26(20-11-9-19(3)10-12-20)30-28(31-27)23-7-6-8-24(25(23)32)34-18-5-2;1-4-16-31-21-14-12-20(13-15-21)25-27-24(19-10-8-17(2)9-11-19)28-26(29-25)22-7-5-6-18(3)23(22)30/h6-16,32H,1-3H3;5-15,30H,1-3H3. The average Bonchev–Trinajstić information content (AvgIpc) is 3.34. The van der Waals surface area contributed by atoms with Crippen molar-refractivity contribution in [2.45, 2.75) is 41.5 Å². The molecule has 8 rings (SSSR count). The highest BCUT2D eigenvalue weighted by Crippen LogP contribution is 2.37. The number of para-hydroxylation sites is 2. The Labute approximate surface area is 377 Å². The van der Waals surface area contributed by atoms with Crippen LogP contribution >= 0.6 is 0 Å². The molecule has 2 heterocycles. The lowest BCUT2D eigenvalue weighted by Crippen LogP contribution is -2.00. The molecule has 0 radical (unpaired) electrons. The second-order valence-electron chi connectivity index (χ2n) is 14.4. The second kappa shape index (κ2) is 20.7. The lowest BCUT2D eigenvalue weighted by atomic mass is 10.1. The highest BCUT2D eigenvalue weighted by molar-refractivity contribution is 5.73. The first-order valence-electron chi connectivity index (χ1n) is 20.4. The number of aryl methyl sites for hydroxylation is 3. The summed E-state index contributed by atoms with van der Waals surface area (Å²) in [7, 11) is 0. The van der Waals surface area contributed by atoms with Crippen LogP contribution < -0.4 is 14.2 Å². The van der Waals surface area contributed by atoms with E-state index >= 15 is 0 Å². The first-order chi connectivity index (χ1) is 31.6. The summed E-state index contributed by atoms with van der Waals surface area (Å²) in [6, 6.07) is 41.2. The van der Waals surface area contributed by atoms with Crippen LogP contribution in [0.3, 0.4) is 0 Å². The quantitative estimate of drug-likeness (QED) is 0.134. The van der Waals surface area contributed by atoms with E-state index in [-0.39, 0.29) is 17.2 Å². The van der Waals surface area contributed by atoms with Crippen LogP contribution in [-0.2, 0) is 0 Å². The van der Waals surface area contributed by atoms with Gasteiger partial charge in [-0.3, -0.25) is 0 Å². The molecule has 11 nitrogen and oxygen atoms in total. The smallest absolute Gasteiger partial charge is 0.182 e. The topological polar surface area (TPSA) is 145 Å². The summed E-state index contributed by atoms with van der Waals surface area (Å²) in [5.41, 5.74) is 7.29. The normalized spacial score (nSPS) is 10.1. The maximum absolute atomic E-state index is 10.8. The van der Waals surface area contributed by atoms with Crippen molar-refractivity contribution in [2.24, 2.45) is 0 Å². The summed E-state index contributed by atoms with van der Waals surface area (Å²) < 4.78 is 16.0. The summed E-state index contributed by atoms with van der Waals surface area (Å²) in [5, 5.41) is 21.4. The number of aromatic hydroxyl groups is 2. The van der Waals surface area contributed by atoms with E-state index in [9.17, 15) is 10.2 Å². The van der Waals surface area contributed by atoms with E-state index in [1.165, 1.54) is 0 Å². The highest BCUT2D eigenvalue weighted by atomic mass is 16.5. The minimum Gasteiger partial charge on any atom is -0.507 e. The van der Waals surface area contributed by atoms with Crippen LogP contribution in [0.5, 0.6) is 28.7 Å². The largest absolute Gasteiger partial charge is 0.507 e. The fraction of sp³-hybridized carbons (Fsp3) is 0.111. The van der Waals surface area contributed by atoms with Crippen molar-refractivity contribution in [1.29, 1.82) is 0 Å². The van der Waals surface area contributed by atoms with E-state index < -0.39 is 0 Å². The zero-order valence-electron chi connectivity index (χ0n) is 36.5. The molecular formula is C54H42N6O5. The van der Waals surface area contributed by atoms with E-state index in [0.29, 0.717) is 57.6 Å². The highest BCUT2D eigenvalue weighted by Gasteiger charge is 2.18. The van der Waals surface area contributed by atoms with Gasteiger partial charge in [0.05, 0.1) is 11.1 Å². The first-order valence-corrected chi connectivity index (χ1v) is 20.4. The molecule has 318 valence electrons. The van der Waals surface area contributed by atoms with Crippen molar-refractivity contribution in [3.05, 3.63) is 150 Å². The summed E-state index contributed by atoms with van der Waals surface area (Å²) in [6.07, 6.45) is 7.66. The van der Waals surface area contributed by atoms with Crippen molar-refractivity contribution in [3.63, 3.8) is 0 Å². The number of phenolic OH excluding ortho intramolecular Hbond substituents is 2. The molecular weight excluding hydrogens is 813 g/mol. The molecule has 11 heteroatoms. The van der Waals surface area contributed by atoms with Gasteiger partial charge in [-0.2, -0.15) is 0 Å². The third-order valence-electron chi connectivity index (χ3n) is 9.64. The fourth-order valence-corrected chi connectivity index (χ4v) is 6.21. The maximum atomic E-state index is 10.8. The van der Waals surface area contributed by atoms with Gasteiger partial charge in [-0.05, 0) is 93.1 Å². The Bertz CT molecular complexity index is 3160. The van der Waals surface area contributed by atoms with Gasteiger partial charge >= 0.3 is 0 Å². The van der Waals surface area contributed by atoms with E-state index in [1.807, 2.05) is 118 Å². The molecule has 2 aromatic heterocycles. The summed E-state index contributed by atoms with van der Waals surface area (Å²) in [6.45, 7) is 11.0. The predicted molar refractivity (Wildman–Crippen MR) is 252 cm³/mol. The van der Waals surface area contributed by atoms with Gasteiger partial charge in [-0.25, -0.2) is 29.9 Å². The van der Waals surface area contributed by atoms with Gasteiger partial charge in [0, 0.05) is 43.0 Å². The van der Waals surface area contributed by atoms with Crippen molar-refractivity contribution in [2.75, 3.05) is 0 Å². The lowest BCUT2D eigenvalue weighted by molar-refractivity contribution is 0.426. The third-order valence-corrected chi connectivity index (χ3v) is 9.64. The van der Waals surface area contributed by atoms with Crippen LogP contribution in [0.4, 0.5) is 0 Å². The van der Waals surface area contributed by atoms with Crippen LogP contribution in [0, 0.1) is 56.9 Å². The van der Waals surface area contributed by atoms with Crippen LogP contribution in [0.2, 0.25) is 0 Å². The Kier molecular flexibility index (Phi) is 14.1. The van der Waals surface area contributed by atoms with Crippen molar-refractivity contribution < 1.29 is 24.4 Å². The molecule has 0 unspecified atom stereocenters. The Morgan fingerprint density at radius 2 is 0.708 bits per heavy atom. The molecule has 0 aliphatic carbocycles. The summed E-state index contributed by atoms with van der Waals surface area (Å²) in [5.74, 6) is 12.3. The van der Waals surface area contributed by atoms with Gasteiger partial charge in [0.2, 0.25) is 0 Å². The van der Waals surface area contributed by atoms with Crippen molar-refractivity contribution >= 4 is 0 Å². The Morgan fingerprint density at radius 1 is 0.369 bits per heavy atom. The zero-order valence-corrected chi connectivity index (χ0v) is 36.5. The molecule has 0 saturated carbocycles. The molecule has 2 N–H and O–H groups in total. The molecule has 6 aromatic carbocycles. The van der Waals surface area contributed by atoms with E-state index in [1.54, 1.807) is 57.2 Å². The maximum Gasteiger partial charge on any atom is 0.182 e. The Balaban J connectivity index is 0.000000195. The second-order valence-corrected chi connectivity index (χ2v) is 14.4. The number of aromatic nitrogens is 6. The summed E-state index contributed by atoms with van der Waals surface area (Å²) in [4.78, 5) is 28.0. The number of hydrogen-bond acceptors (Lipinski definition) is 11. The van der Waals surface area contributed by atoms with Crippen LogP contribution in [0.15, 0.2) is 133 Å². The molecule has 0 amide bonds. The van der Waals surface area contributed by atoms with Gasteiger partial charge in [0.25, 0.3) is 0 Å². The minimum atomic E-state index is -0.0980. The SMILES string of the molecule is CC#COc1ccc(-c2nc(-c3ccc(C)cc3)nc(-c3cccc(C)c3O)n2)cc1.CC#COc1ccc(-c2nc(-c3ccc(C)cc3)nc(-c3cccc(OC#CC)c3O)n2)cc1. The number of ether oxygens (including phenoxy) is 3. The van der Waals surface area contributed by atoms with Crippen LogP contribution in [0.1, 0.15) is 37.5 Å². The molecule has 0 saturated heterocycles. The molecule has 0 aliphatic heterocycles. The summed E-state index contributed by atoms with van der Waals surface area (Å²) >= 11 is 0. The van der Waals surface area contributed by atoms with Crippen molar-refractivity contribution in [1.82, 2.24) is 29.9 Å². The molecule has 8 aromatic rings. The number of phenols is 2. The van der Waals surface area contributed by atoms with Crippen LogP contribution in [0.25, 0.3) is 68.3 Å². The van der Waals surface area contributed by atoms with E-state index in [2.05, 4.69) is 56.0 Å². The van der Waals surface area contributed by atoms with Gasteiger partial charge < -0.3 is 24.4 Å². The fourth-order valence-electron chi connectivity index (χ4n) is 6.21. The zero-order chi connectivity index (χ0) is 45.7. The van der Waals surface area contributed by atoms with Gasteiger partial charge in [0.15, 0.2) is 46.4 Å². The molecule has 0 fully saturated rings. The first kappa shape index (κ1) is 44.1. The molecule has 0 spiro atoms. The Hall–Kier alpha value is -8.98. The number of nitrogens with zero attached hydrogens (tertiary/aromatic N) is 6. The number of hydrogen-bond donors (Lipinski definition) is 2. The van der Waals surface area contributed by atoms with Gasteiger partial charge in [0.1, 0.15) is 35.6 Å². The lowest BCUT2D eigenvalue weighted by Gasteiger charge is -2.11. The van der Waals surface area contributed by atoms with E-state index in [4.69, 9.17) is 24.2 Å². The third kappa shape index (κ3) is 10.9. The monoisotopic (exact) mass is 854 g/mol. The van der Waals surface area contributed by atoms with Gasteiger partial charge in [-0.15, -0.1) is 0 Å². The molecule has 0 aliphatic rings. The minimum absolute atomic E-state index is 0.0980. The van der Waals surface area contributed by atoms with Gasteiger partial charge in [-0.1, -0.05) is 95.6 Å². The molecule has 0 bridgehead atoms. The Morgan fingerprint density at radius 3 is 1.11 bits per heavy atom. The average molecular weight is 855 g/mol. The predicted octanol–water partition coefficient (Wildman–Crippen LogP) is 11.2. The van der Waals surface area contributed by atoms with Crippen molar-refractivity contribution in [3.8, 4) is 133 Å².